The lowest BCUT2D eigenvalue weighted by Crippen LogP contribution is -2.03. The van der Waals surface area contributed by atoms with Crippen LogP contribution in [0.15, 0.2) is 36.5 Å². The fourth-order valence-corrected chi connectivity index (χ4v) is 1.97. The lowest BCUT2D eigenvalue weighted by atomic mass is 10.0. The Kier molecular flexibility index (Phi) is 4.35. The van der Waals surface area contributed by atoms with Crippen molar-refractivity contribution in [1.82, 2.24) is 4.98 Å². The third-order valence-electron chi connectivity index (χ3n) is 2.78. The highest BCUT2D eigenvalue weighted by atomic mass is 35.5. The van der Waals surface area contributed by atoms with Gasteiger partial charge in [0.25, 0.3) is 0 Å². The molecule has 0 aliphatic heterocycles. The molecule has 0 amide bonds. The molecule has 0 aliphatic carbocycles. The first kappa shape index (κ1) is 13.8. The predicted octanol–water partition coefficient (Wildman–Crippen LogP) is 3.16. The number of hydrogen-bond donors (Lipinski definition) is 1. The van der Waals surface area contributed by atoms with Crippen LogP contribution in [-0.2, 0) is 6.42 Å². The molecule has 100 valence electrons. The SMILES string of the molecule is COc1ccc(C(O)Cc2ccc(F)cc2Cl)cn1. The molecule has 0 fully saturated rings. The van der Waals surface area contributed by atoms with Crippen molar-refractivity contribution < 1.29 is 14.2 Å². The molecule has 1 unspecified atom stereocenters. The number of methoxy groups -OCH3 is 1. The maximum atomic E-state index is 12.9. The van der Waals surface area contributed by atoms with Crippen molar-refractivity contribution in [1.29, 1.82) is 0 Å². The second kappa shape index (κ2) is 5.99. The summed E-state index contributed by atoms with van der Waals surface area (Å²) < 4.78 is 17.9. The molecule has 1 heterocycles. The molecule has 1 atom stereocenters. The monoisotopic (exact) mass is 281 g/mol. The van der Waals surface area contributed by atoms with E-state index in [1.807, 2.05) is 0 Å². The second-order valence-electron chi connectivity index (χ2n) is 4.09. The zero-order valence-electron chi connectivity index (χ0n) is 10.3. The first-order chi connectivity index (χ1) is 9.10. The average molecular weight is 282 g/mol. The Balaban J connectivity index is 2.13. The Labute approximate surface area is 115 Å². The second-order valence-corrected chi connectivity index (χ2v) is 4.50. The minimum atomic E-state index is -0.749. The van der Waals surface area contributed by atoms with Gasteiger partial charge in [-0.2, -0.15) is 0 Å². The Morgan fingerprint density at radius 1 is 1.37 bits per heavy atom. The number of rotatable bonds is 4. The summed E-state index contributed by atoms with van der Waals surface area (Å²) in [6.07, 6.45) is 1.09. The van der Waals surface area contributed by atoms with Crippen LogP contribution in [-0.4, -0.2) is 17.2 Å². The van der Waals surface area contributed by atoms with Gasteiger partial charge in [0.05, 0.1) is 13.2 Å². The van der Waals surface area contributed by atoms with E-state index in [0.717, 1.165) is 0 Å². The van der Waals surface area contributed by atoms with E-state index in [9.17, 15) is 9.50 Å². The van der Waals surface area contributed by atoms with E-state index in [1.54, 1.807) is 24.4 Å². The van der Waals surface area contributed by atoms with E-state index in [-0.39, 0.29) is 0 Å². The van der Waals surface area contributed by atoms with Gasteiger partial charge in [0, 0.05) is 23.7 Å². The van der Waals surface area contributed by atoms with Crippen LogP contribution in [0.5, 0.6) is 5.88 Å². The quantitative estimate of drug-likeness (QED) is 0.936. The molecular weight excluding hydrogens is 269 g/mol. The maximum absolute atomic E-state index is 12.9. The Morgan fingerprint density at radius 2 is 2.16 bits per heavy atom. The van der Waals surface area contributed by atoms with Gasteiger partial charge in [0.2, 0.25) is 5.88 Å². The zero-order valence-corrected chi connectivity index (χ0v) is 11.1. The normalized spacial score (nSPS) is 12.2. The molecule has 0 bridgehead atoms. The molecule has 0 radical (unpaired) electrons. The van der Waals surface area contributed by atoms with Crippen molar-refractivity contribution in [3.05, 3.63) is 58.5 Å². The Hall–Kier alpha value is -1.65. The molecule has 2 rings (SSSR count). The third-order valence-corrected chi connectivity index (χ3v) is 3.13. The van der Waals surface area contributed by atoms with Gasteiger partial charge in [-0.15, -0.1) is 0 Å². The molecule has 1 aromatic heterocycles. The van der Waals surface area contributed by atoms with Crippen LogP contribution in [0.25, 0.3) is 0 Å². The van der Waals surface area contributed by atoms with Gasteiger partial charge in [0.1, 0.15) is 5.82 Å². The van der Waals surface area contributed by atoms with Crippen LogP contribution in [0.4, 0.5) is 4.39 Å². The van der Waals surface area contributed by atoms with Gasteiger partial charge in [-0.3, -0.25) is 0 Å². The van der Waals surface area contributed by atoms with Crippen LogP contribution >= 0.6 is 11.6 Å². The molecule has 1 N–H and O–H groups in total. The van der Waals surface area contributed by atoms with Crippen LogP contribution in [0.1, 0.15) is 17.2 Å². The Morgan fingerprint density at radius 3 is 2.74 bits per heavy atom. The highest BCUT2D eigenvalue weighted by molar-refractivity contribution is 6.31. The Bertz CT molecular complexity index is 560. The minimum Gasteiger partial charge on any atom is -0.481 e. The highest BCUT2D eigenvalue weighted by Crippen LogP contribution is 2.24. The lowest BCUT2D eigenvalue weighted by Gasteiger charge is -2.12. The number of aromatic nitrogens is 1. The number of benzene rings is 1. The van der Waals surface area contributed by atoms with Gasteiger partial charge < -0.3 is 9.84 Å². The first-order valence-corrected chi connectivity index (χ1v) is 6.10. The van der Waals surface area contributed by atoms with Crippen molar-refractivity contribution in [2.24, 2.45) is 0 Å². The largest absolute Gasteiger partial charge is 0.481 e. The average Bonchev–Trinajstić information content (AvgIpc) is 2.42. The molecule has 0 aliphatic rings. The van der Waals surface area contributed by atoms with Gasteiger partial charge >= 0.3 is 0 Å². The number of ether oxygens (including phenoxy) is 1. The van der Waals surface area contributed by atoms with Crippen molar-refractivity contribution in [3.63, 3.8) is 0 Å². The maximum Gasteiger partial charge on any atom is 0.212 e. The molecule has 2 aromatic rings. The van der Waals surface area contributed by atoms with Gasteiger partial charge in [-0.05, 0) is 29.3 Å². The summed E-state index contributed by atoms with van der Waals surface area (Å²) in [4.78, 5) is 4.02. The minimum absolute atomic E-state index is 0.299. The van der Waals surface area contributed by atoms with E-state index in [2.05, 4.69) is 4.98 Å². The lowest BCUT2D eigenvalue weighted by molar-refractivity contribution is 0.178. The van der Waals surface area contributed by atoms with Crippen LogP contribution < -0.4 is 4.74 Å². The molecule has 3 nitrogen and oxygen atoms in total. The van der Waals surface area contributed by atoms with Crippen molar-refractivity contribution >= 4 is 11.6 Å². The molecule has 0 saturated carbocycles. The fraction of sp³-hybridized carbons (Fsp3) is 0.214. The number of aliphatic hydroxyl groups excluding tert-OH is 1. The summed E-state index contributed by atoms with van der Waals surface area (Å²) in [7, 11) is 1.52. The highest BCUT2D eigenvalue weighted by Gasteiger charge is 2.12. The predicted molar refractivity (Wildman–Crippen MR) is 70.9 cm³/mol. The van der Waals surface area contributed by atoms with Crippen LogP contribution in [0.3, 0.4) is 0 Å². The van der Waals surface area contributed by atoms with Crippen molar-refractivity contribution in [2.45, 2.75) is 12.5 Å². The van der Waals surface area contributed by atoms with Gasteiger partial charge in [0.15, 0.2) is 0 Å². The van der Waals surface area contributed by atoms with Gasteiger partial charge in [-0.25, -0.2) is 9.37 Å². The molecule has 1 aromatic carbocycles. The van der Waals surface area contributed by atoms with E-state index < -0.39 is 11.9 Å². The van der Waals surface area contributed by atoms with Gasteiger partial charge in [-0.1, -0.05) is 17.7 Å². The summed E-state index contributed by atoms with van der Waals surface area (Å²) in [6, 6.07) is 7.52. The summed E-state index contributed by atoms with van der Waals surface area (Å²) in [5.41, 5.74) is 1.34. The number of aliphatic hydroxyl groups is 1. The number of pyridine rings is 1. The van der Waals surface area contributed by atoms with E-state index in [0.29, 0.717) is 28.5 Å². The molecule has 5 heteroatoms. The van der Waals surface area contributed by atoms with E-state index >= 15 is 0 Å². The number of halogens is 2. The molecule has 0 spiro atoms. The number of hydrogen-bond acceptors (Lipinski definition) is 3. The van der Waals surface area contributed by atoms with Crippen molar-refractivity contribution in [2.75, 3.05) is 7.11 Å². The van der Waals surface area contributed by atoms with E-state index in [4.69, 9.17) is 16.3 Å². The summed E-state index contributed by atoms with van der Waals surface area (Å²) in [6.45, 7) is 0. The summed E-state index contributed by atoms with van der Waals surface area (Å²) in [5.74, 6) is 0.0881. The molecular formula is C14H13ClFNO2. The third kappa shape index (κ3) is 3.43. The standard InChI is InChI=1S/C14H13ClFNO2/c1-19-14-5-3-10(8-17-14)13(18)6-9-2-4-11(16)7-12(9)15/h2-5,7-8,13,18H,6H2,1H3. The fourth-order valence-electron chi connectivity index (χ4n) is 1.72. The van der Waals surface area contributed by atoms with Crippen LogP contribution in [0, 0.1) is 5.82 Å². The summed E-state index contributed by atoms with van der Waals surface area (Å²) >= 11 is 5.92. The summed E-state index contributed by atoms with van der Waals surface area (Å²) in [5, 5.41) is 10.4. The number of nitrogens with zero attached hydrogens (tertiary/aromatic N) is 1. The molecule has 0 saturated heterocycles. The smallest absolute Gasteiger partial charge is 0.212 e. The molecule has 19 heavy (non-hydrogen) atoms. The van der Waals surface area contributed by atoms with Crippen LogP contribution in [0.2, 0.25) is 5.02 Å². The van der Waals surface area contributed by atoms with Crippen molar-refractivity contribution in [3.8, 4) is 5.88 Å². The zero-order chi connectivity index (χ0) is 13.8. The topological polar surface area (TPSA) is 42.4 Å². The first-order valence-electron chi connectivity index (χ1n) is 5.72. The van der Waals surface area contributed by atoms with E-state index in [1.165, 1.54) is 19.2 Å².